The monoisotopic (exact) mass is 251 g/mol. The normalized spacial score (nSPS) is 12.9. The summed E-state index contributed by atoms with van der Waals surface area (Å²) in [7, 11) is 1.52. The Morgan fingerprint density at radius 2 is 2.00 bits per heavy atom. The van der Waals surface area contributed by atoms with Crippen molar-refractivity contribution in [2.24, 2.45) is 5.41 Å². The lowest BCUT2D eigenvalue weighted by atomic mass is 9.88. The maximum absolute atomic E-state index is 12.1. The molecule has 0 aliphatic heterocycles. The second-order valence-corrected chi connectivity index (χ2v) is 5.44. The number of nitrogens with one attached hydrogen (secondary N) is 1. The zero-order valence-electron chi connectivity index (χ0n) is 11.6. The van der Waals surface area contributed by atoms with Crippen LogP contribution in [0, 0.1) is 5.41 Å². The quantitative estimate of drug-likeness (QED) is 0.868. The van der Waals surface area contributed by atoms with E-state index in [0.717, 1.165) is 0 Å². The summed E-state index contributed by atoms with van der Waals surface area (Å²) in [6.45, 7) is 8.07. The van der Waals surface area contributed by atoms with Gasteiger partial charge in [0, 0.05) is 6.04 Å². The molecule has 100 valence electrons. The van der Waals surface area contributed by atoms with Gasteiger partial charge in [-0.1, -0.05) is 20.8 Å². The van der Waals surface area contributed by atoms with Crippen LogP contribution in [-0.4, -0.2) is 24.2 Å². The SMILES string of the molecule is COc1ccc(O)c(C(=O)NC(C)C(C)(C)C)c1. The van der Waals surface area contributed by atoms with Gasteiger partial charge in [-0.3, -0.25) is 4.79 Å². The van der Waals surface area contributed by atoms with E-state index in [1.165, 1.54) is 19.2 Å². The number of aromatic hydroxyl groups is 1. The summed E-state index contributed by atoms with van der Waals surface area (Å²) in [6.07, 6.45) is 0. The molecular weight excluding hydrogens is 230 g/mol. The third-order valence-electron chi connectivity index (χ3n) is 3.09. The summed E-state index contributed by atoms with van der Waals surface area (Å²) < 4.78 is 5.04. The Morgan fingerprint density at radius 1 is 1.39 bits per heavy atom. The Morgan fingerprint density at radius 3 is 2.50 bits per heavy atom. The number of carbonyl (C=O) groups excluding carboxylic acids is 1. The van der Waals surface area contributed by atoms with Crippen LogP contribution in [-0.2, 0) is 0 Å². The molecule has 0 aliphatic rings. The number of carbonyl (C=O) groups is 1. The van der Waals surface area contributed by atoms with Crippen LogP contribution in [0.5, 0.6) is 11.5 Å². The number of ether oxygens (including phenoxy) is 1. The Kier molecular flexibility index (Phi) is 4.22. The second-order valence-electron chi connectivity index (χ2n) is 5.44. The van der Waals surface area contributed by atoms with E-state index in [9.17, 15) is 9.90 Å². The van der Waals surface area contributed by atoms with E-state index in [-0.39, 0.29) is 28.7 Å². The molecule has 0 saturated carbocycles. The number of phenolic OH excluding ortho intramolecular Hbond substituents is 1. The summed E-state index contributed by atoms with van der Waals surface area (Å²) >= 11 is 0. The lowest BCUT2D eigenvalue weighted by Gasteiger charge is -2.28. The number of hydrogen-bond donors (Lipinski definition) is 2. The van der Waals surface area contributed by atoms with Crippen molar-refractivity contribution < 1.29 is 14.6 Å². The number of hydrogen-bond acceptors (Lipinski definition) is 3. The van der Waals surface area contributed by atoms with Crippen molar-refractivity contribution in [3.05, 3.63) is 23.8 Å². The molecule has 1 rings (SSSR count). The molecule has 1 unspecified atom stereocenters. The van der Waals surface area contributed by atoms with Crippen LogP contribution in [0.4, 0.5) is 0 Å². The van der Waals surface area contributed by atoms with Crippen molar-refractivity contribution in [3.63, 3.8) is 0 Å². The predicted molar refractivity (Wildman–Crippen MR) is 71.0 cm³/mol. The van der Waals surface area contributed by atoms with Crippen molar-refractivity contribution in [3.8, 4) is 11.5 Å². The number of methoxy groups -OCH3 is 1. The van der Waals surface area contributed by atoms with Crippen LogP contribution in [0.25, 0.3) is 0 Å². The first-order chi connectivity index (χ1) is 8.25. The molecule has 0 spiro atoms. The van der Waals surface area contributed by atoms with E-state index in [1.807, 2.05) is 27.7 Å². The van der Waals surface area contributed by atoms with E-state index in [1.54, 1.807) is 6.07 Å². The van der Waals surface area contributed by atoms with Crippen molar-refractivity contribution in [2.75, 3.05) is 7.11 Å². The van der Waals surface area contributed by atoms with Gasteiger partial charge in [0.15, 0.2) is 0 Å². The minimum absolute atomic E-state index is 0.00407. The fourth-order valence-electron chi connectivity index (χ4n) is 1.31. The van der Waals surface area contributed by atoms with Gasteiger partial charge in [-0.2, -0.15) is 0 Å². The number of amides is 1. The van der Waals surface area contributed by atoms with E-state index < -0.39 is 0 Å². The van der Waals surface area contributed by atoms with Gasteiger partial charge < -0.3 is 15.2 Å². The predicted octanol–water partition coefficient (Wildman–Crippen LogP) is 2.57. The molecule has 0 fully saturated rings. The fraction of sp³-hybridized carbons (Fsp3) is 0.500. The summed E-state index contributed by atoms with van der Waals surface area (Å²) in [5, 5.41) is 12.6. The van der Waals surface area contributed by atoms with Gasteiger partial charge in [-0.25, -0.2) is 0 Å². The minimum atomic E-state index is -0.297. The molecule has 0 saturated heterocycles. The van der Waals surface area contributed by atoms with Crippen molar-refractivity contribution in [2.45, 2.75) is 33.7 Å². The molecule has 1 aromatic rings. The Balaban J connectivity index is 2.91. The molecule has 0 radical (unpaired) electrons. The zero-order chi connectivity index (χ0) is 13.9. The van der Waals surface area contributed by atoms with Crippen molar-refractivity contribution in [1.29, 1.82) is 0 Å². The van der Waals surface area contributed by atoms with Gasteiger partial charge in [0.25, 0.3) is 5.91 Å². The lowest BCUT2D eigenvalue weighted by molar-refractivity contribution is 0.0907. The molecule has 1 aromatic carbocycles. The topological polar surface area (TPSA) is 58.6 Å². The zero-order valence-corrected chi connectivity index (χ0v) is 11.6. The summed E-state index contributed by atoms with van der Waals surface area (Å²) in [5.41, 5.74) is 0.190. The largest absolute Gasteiger partial charge is 0.507 e. The Hall–Kier alpha value is -1.71. The second kappa shape index (κ2) is 5.29. The molecule has 0 aliphatic carbocycles. The summed E-state index contributed by atoms with van der Waals surface area (Å²) in [4.78, 5) is 12.1. The van der Waals surface area contributed by atoms with E-state index in [4.69, 9.17) is 4.74 Å². The van der Waals surface area contributed by atoms with Gasteiger partial charge in [0.2, 0.25) is 0 Å². The first kappa shape index (κ1) is 14.4. The lowest BCUT2D eigenvalue weighted by Crippen LogP contribution is -2.41. The highest BCUT2D eigenvalue weighted by molar-refractivity contribution is 5.97. The Labute approximate surface area is 108 Å². The molecule has 18 heavy (non-hydrogen) atoms. The Bertz CT molecular complexity index is 435. The molecule has 1 atom stereocenters. The van der Waals surface area contributed by atoms with E-state index in [0.29, 0.717) is 5.75 Å². The van der Waals surface area contributed by atoms with Gasteiger partial charge in [0.05, 0.1) is 12.7 Å². The highest BCUT2D eigenvalue weighted by atomic mass is 16.5. The number of rotatable bonds is 3. The molecule has 1 amide bonds. The third kappa shape index (κ3) is 3.39. The first-order valence-corrected chi connectivity index (χ1v) is 5.93. The molecular formula is C14H21NO3. The maximum Gasteiger partial charge on any atom is 0.255 e. The number of benzene rings is 1. The van der Waals surface area contributed by atoms with Crippen LogP contribution in [0.2, 0.25) is 0 Å². The van der Waals surface area contributed by atoms with Crippen LogP contribution in [0.15, 0.2) is 18.2 Å². The summed E-state index contributed by atoms with van der Waals surface area (Å²) in [5.74, 6) is 0.199. The number of phenols is 1. The highest BCUT2D eigenvalue weighted by Crippen LogP contribution is 2.24. The third-order valence-corrected chi connectivity index (χ3v) is 3.09. The van der Waals surface area contributed by atoms with Gasteiger partial charge >= 0.3 is 0 Å². The van der Waals surface area contributed by atoms with Crippen molar-refractivity contribution in [1.82, 2.24) is 5.32 Å². The average molecular weight is 251 g/mol. The van der Waals surface area contributed by atoms with E-state index in [2.05, 4.69) is 5.32 Å². The van der Waals surface area contributed by atoms with Gasteiger partial charge in [-0.05, 0) is 30.5 Å². The molecule has 0 aromatic heterocycles. The molecule has 4 nitrogen and oxygen atoms in total. The average Bonchev–Trinajstić information content (AvgIpc) is 2.28. The smallest absolute Gasteiger partial charge is 0.255 e. The molecule has 2 N–H and O–H groups in total. The molecule has 0 bridgehead atoms. The van der Waals surface area contributed by atoms with Crippen LogP contribution in [0.1, 0.15) is 38.1 Å². The van der Waals surface area contributed by atoms with Crippen LogP contribution < -0.4 is 10.1 Å². The first-order valence-electron chi connectivity index (χ1n) is 5.93. The van der Waals surface area contributed by atoms with Crippen LogP contribution in [0.3, 0.4) is 0 Å². The standard InChI is InChI=1S/C14H21NO3/c1-9(14(2,3)4)15-13(17)11-8-10(18-5)6-7-12(11)16/h6-9,16H,1-5H3,(H,15,17). The van der Waals surface area contributed by atoms with E-state index >= 15 is 0 Å². The molecule has 4 heteroatoms. The van der Waals surface area contributed by atoms with Crippen molar-refractivity contribution >= 4 is 5.91 Å². The highest BCUT2D eigenvalue weighted by Gasteiger charge is 2.23. The van der Waals surface area contributed by atoms with Gasteiger partial charge in [-0.15, -0.1) is 0 Å². The van der Waals surface area contributed by atoms with Crippen LogP contribution >= 0.6 is 0 Å². The fourth-order valence-corrected chi connectivity index (χ4v) is 1.31. The molecule has 0 heterocycles. The maximum atomic E-state index is 12.1. The minimum Gasteiger partial charge on any atom is -0.507 e. The summed E-state index contributed by atoms with van der Waals surface area (Å²) in [6, 6.07) is 4.59. The van der Waals surface area contributed by atoms with Gasteiger partial charge in [0.1, 0.15) is 11.5 Å².